The van der Waals surface area contributed by atoms with Gasteiger partial charge in [-0.05, 0) is 41.5 Å². The third kappa shape index (κ3) is 3.61. The molecule has 3 heterocycles. The molecule has 1 aliphatic rings. The van der Waals surface area contributed by atoms with Crippen molar-refractivity contribution in [1.29, 1.82) is 0 Å². The van der Waals surface area contributed by atoms with Gasteiger partial charge in [-0.25, -0.2) is 0 Å². The Morgan fingerprint density at radius 3 is 2.36 bits per heavy atom. The lowest BCUT2D eigenvalue weighted by molar-refractivity contribution is -0.137. The number of hydrogen-bond acceptors (Lipinski definition) is 5. The molecule has 0 spiro atoms. The summed E-state index contributed by atoms with van der Waals surface area (Å²) in [5, 5.41) is 18.9. The van der Waals surface area contributed by atoms with Gasteiger partial charge in [0.1, 0.15) is 6.10 Å². The molecule has 1 N–H and O–H groups in total. The Hall–Kier alpha value is -2.84. The largest absolute Gasteiger partial charge is 0.416 e. The summed E-state index contributed by atoms with van der Waals surface area (Å²) < 4.78 is 38.4. The molecule has 1 aromatic carbocycles. The Kier molecular flexibility index (Phi) is 4.82. The number of alkyl halides is 3. The summed E-state index contributed by atoms with van der Waals surface area (Å²) in [6.07, 6.45) is 0.0840. The smallest absolute Gasteiger partial charge is 0.384 e. The van der Waals surface area contributed by atoms with E-state index in [4.69, 9.17) is 0 Å². The second-order valence-electron chi connectivity index (χ2n) is 6.20. The van der Waals surface area contributed by atoms with Crippen LogP contribution in [0, 0.1) is 0 Å². The first-order chi connectivity index (χ1) is 13.4. The average Bonchev–Trinajstić information content (AvgIpc) is 3.37. The van der Waals surface area contributed by atoms with Crippen LogP contribution in [-0.2, 0) is 6.18 Å². The van der Waals surface area contributed by atoms with E-state index in [1.54, 1.807) is 18.6 Å². The van der Waals surface area contributed by atoms with Crippen LogP contribution >= 0.6 is 11.3 Å². The molecule has 0 radical (unpaired) electrons. The Bertz CT molecular complexity index is 1040. The van der Waals surface area contributed by atoms with Crippen LogP contribution in [0.3, 0.4) is 0 Å². The second kappa shape index (κ2) is 7.29. The monoisotopic (exact) mass is 401 g/mol. The molecule has 0 saturated heterocycles. The molecule has 0 bridgehead atoms. The standard InChI is InChI=1S/C20H14F3N3OS/c21-20(22,23)14-3-1-13(2-4-14)18(27)15-11-17(12-5-8-24-9-6-12)28-19(15)16-7-10-25-26-16/h1-6,8-11,18,27H,7H2. The first-order valence-electron chi connectivity index (χ1n) is 8.41. The van der Waals surface area contributed by atoms with Crippen molar-refractivity contribution in [2.45, 2.75) is 18.7 Å². The van der Waals surface area contributed by atoms with Gasteiger partial charge in [0, 0.05) is 35.5 Å². The summed E-state index contributed by atoms with van der Waals surface area (Å²) in [7, 11) is 0. The summed E-state index contributed by atoms with van der Waals surface area (Å²) in [5.41, 5.74) is 1.90. The summed E-state index contributed by atoms with van der Waals surface area (Å²) in [6.45, 7) is 0. The Balaban J connectivity index is 1.74. The zero-order valence-corrected chi connectivity index (χ0v) is 15.2. The van der Waals surface area contributed by atoms with Gasteiger partial charge in [0.15, 0.2) is 0 Å². The summed E-state index contributed by atoms with van der Waals surface area (Å²) in [6, 6.07) is 10.1. The Morgan fingerprint density at radius 2 is 1.75 bits per heavy atom. The number of halogens is 3. The van der Waals surface area contributed by atoms with Crippen molar-refractivity contribution in [1.82, 2.24) is 4.98 Å². The van der Waals surface area contributed by atoms with Gasteiger partial charge in [0.25, 0.3) is 0 Å². The van der Waals surface area contributed by atoms with Crippen LogP contribution in [0.2, 0.25) is 0 Å². The highest BCUT2D eigenvalue weighted by molar-refractivity contribution is 7.17. The number of hydrogen-bond donors (Lipinski definition) is 1. The molecule has 0 amide bonds. The van der Waals surface area contributed by atoms with Gasteiger partial charge < -0.3 is 5.11 Å². The van der Waals surface area contributed by atoms with Crippen LogP contribution in [0.4, 0.5) is 13.2 Å². The maximum absolute atomic E-state index is 12.8. The first kappa shape index (κ1) is 18.5. The Morgan fingerprint density at radius 1 is 1.04 bits per heavy atom. The van der Waals surface area contributed by atoms with Crippen molar-refractivity contribution in [3.63, 3.8) is 0 Å². The van der Waals surface area contributed by atoms with E-state index in [-0.39, 0.29) is 0 Å². The molecule has 2 aromatic heterocycles. The van der Waals surface area contributed by atoms with Gasteiger partial charge in [-0.1, -0.05) is 12.1 Å². The fourth-order valence-corrected chi connectivity index (χ4v) is 4.13. The van der Waals surface area contributed by atoms with Crippen LogP contribution < -0.4 is 0 Å². The quantitative estimate of drug-likeness (QED) is 0.662. The van der Waals surface area contributed by atoms with Gasteiger partial charge in [-0.3, -0.25) is 4.98 Å². The predicted molar refractivity (Wildman–Crippen MR) is 103 cm³/mol. The number of nitrogens with zero attached hydrogens (tertiary/aromatic N) is 3. The fourth-order valence-electron chi connectivity index (χ4n) is 2.94. The number of aliphatic hydroxyl groups is 1. The number of thiophene rings is 1. The lowest BCUT2D eigenvalue weighted by Crippen LogP contribution is -2.07. The first-order valence-corrected chi connectivity index (χ1v) is 9.23. The molecule has 142 valence electrons. The van der Waals surface area contributed by atoms with Gasteiger partial charge >= 0.3 is 6.18 Å². The van der Waals surface area contributed by atoms with E-state index >= 15 is 0 Å². The summed E-state index contributed by atoms with van der Waals surface area (Å²) in [5.74, 6) is 0. The van der Waals surface area contributed by atoms with Gasteiger partial charge in [-0.15, -0.1) is 11.3 Å². The zero-order chi connectivity index (χ0) is 19.7. The number of rotatable bonds is 4. The third-order valence-corrected chi connectivity index (χ3v) is 5.63. The molecule has 0 saturated carbocycles. The zero-order valence-electron chi connectivity index (χ0n) is 14.4. The molecule has 1 aliphatic heterocycles. The van der Waals surface area contributed by atoms with E-state index in [1.165, 1.54) is 23.5 Å². The topological polar surface area (TPSA) is 57.8 Å². The molecule has 1 atom stereocenters. The minimum absolute atomic E-state index is 0.382. The molecule has 8 heteroatoms. The van der Waals surface area contributed by atoms with E-state index < -0.39 is 17.8 Å². The normalized spacial score (nSPS) is 14.9. The van der Waals surface area contributed by atoms with Gasteiger partial charge in [0.05, 0.1) is 16.2 Å². The fraction of sp³-hybridized carbons (Fsp3) is 0.150. The third-order valence-electron chi connectivity index (χ3n) is 4.38. The maximum atomic E-state index is 12.8. The summed E-state index contributed by atoms with van der Waals surface area (Å²) >= 11 is 1.46. The highest BCUT2D eigenvalue weighted by atomic mass is 32.1. The summed E-state index contributed by atoms with van der Waals surface area (Å²) in [4.78, 5) is 5.69. The highest BCUT2D eigenvalue weighted by Crippen LogP contribution is 2.38. The van der Waals surface area contributed by atoms with Crippen molar-refractivity contribution in [2.75, 3.05) is 0 Å². The van der Waals surface area contributed by atoms with Crippen LogP contribution in [-0.4, -0.2) is 22.0 Å². The van der Waals surface area contributed by atoms with E-state index in [0.717, 1.165) is 33.2 Å². The number of benzene rings is 1. The lowest BCUT2D eigenvalue weighted by Gasteiger charge is -2.13. The lowest BCUT2D eigenvalue weighted by atomic mass is 9.98. The number of aliphatic hydroxyl groups excluding tert-OH is 1. The van der Waals surface area contributed by atoms with E-state index in [0.29, 0.717) is 17.5 Å². The molecular weight excluding hydrogens is 387 g/mol. The second-order valence-corrected chi connectivity index (χ2v) is 7.25. The predicted octanol–water partition coefficient (Wildman–Crippen LogP) is 5.09. The molecule has 0 fully saturated rings. The van der Waals surface area contributed by atoms with Crippen LogP contribution in [0.5, 0.6) is 0 Å². The van der Waals surface area contributed by atoms with Crippen molar-refractivity contribution in [3.8, 4) is 10.4 Å². The van der Waals surface area contributed by atoms with Crippen LogP contribution in [0.1, 0.15) is 34.1 Å². The Labute approximate surface area is 162 Å². The van der Waals surface area contributed by atoms with Crippen LogP contribution in [0.25, 0.3) is 10.4 Å². The van der Waals surface area contributed by atoms with Crippen molar-refractivity contribution in [3.05, 3.63) is 76.4 Å². The van der Waals surface area contributed by atoms with E-state index in [2.05, 4.69) is 15.2 Å². The van der Waals surface area contributed by atoms with E-state index in [1.807, 2.05) is 18.2 Å². The molecule has 0 aliphatic carbocycles. The average molecular weight is 401 g/mol. The minimum Gasteiger partial charge on any atom is -0.384 e. The maximum Gasteiger partial charge on any atom is 0.416 e. The molecular formula is C20H14F3N3OS. The molecule has 4 rings (SSSR count). The van der Waals surface area contributed by atoms with Crippen molar-refractivity contribution in [2.24, 2.45) is 10.2 Å². The number of pyridine rings is 1. The van der Waals surface area contributed by atoms with Crippen LogP contribution in [0.15, 0.2) is 65.1 Å². The van der Waals surface area contributed by atoms with E-state index in [9.17, 15) is 18.3 Å². The molecule has 3 aromatic rings. The molecule has 4 nitrogen and oxygen atoms in total. The molecule has 28 heavy (non-hydrogen) atoms. The van der Waals surface area contributed by atoms with Gasteiger partial charge in [-0.2, -0.15) is 23.4 Å². The number of aromatic nitrogens is 1. The van der Waals surface area contributed by atoms with Crippen molar-refractivity contribution >= 4 is 23.3 Å². The SMILES string of the molecule is OC(c1ccc(C(F)(F)F)cc1)c1cc(-c2ccncc2)sc1C1=NN=CC1. The minimum atomic E-state index is -4.42. The molecule has 1 unspecified atom stereocenters. The van der Waals surface area contributed by atoms with Gasteiger partial charge in [0.2, 0.25) is 0 Å². The highest BCUT2D eigenvalue weighted by Gasteiger charge is 2.30. The van der Waals surface area contributed by atoms with Crippen molar-refractivity contribution < 1.29 is 18.3 Å².